The first-order valence-electron chi connectivity index (χ1n) is 4.28. The van der Waals surface area contributed by atoms with Gasteiger partial charge in [0.25, 0.3) is 5.56 Å². The molecule has 0 fully saturated rings. The number of nitrogens with one attached hydrogen (secondary N) is 1. The minimum absolute atomic E-state index is 0.278. The summed E-state index contributed by atoms with van der Waals surface area (Å²) in [4.78, 5) is 10.9. The lowest BCUT2D eigenvalue weighted by molar-refractivity contribution is 0.995. The van der Waals surface area contributed by atoms with Gasteiger partial charge < -0.3 is 0 Å². The third kappa shape index (κ3) is 2.21. The Hall–Kier alpha value is -1.03. The molecule has 0 atom stereocenters. The van der Waals surface area contributed by atoms with Crippen LogP contribution in [0.3, 0.4) is 0 Å². The van der Waals surface area contributed by atoms with Crippen molar-refractivity contribution in [2.45, 2.75) is 0 Å². The summed E-state index contributed by atoms with van der Waals surface area (Å²) in [6.45, 7) is 0. The Morgan fingerprint density at radius 2 is 1.69 bits per heavy atom. The van der Waals surface area contributed by atoms with Gasteiger partial charge in [-0.25, -0.2) is 5.10 Å². The van der Waals surface area contributed by atoms with E-state index in [1.54, 1.807) is 12.1 Å². The summed E-state index contributed by atoms with van der Waals surface area (Å²) in [5.74, 6) is 0. The fraction of sp³-hybridized carbons (Fsp3) is 0. The highest BCUT2D eigenvalue weighted by atomic mass is 35.5. The first-order valence-corrected chi connectivity index (χ1v) is 5.42. The van der Waals surface area contributed by atoms with Gasteiger partial charge in [-0.05, 0) is 18.2 Å². The van der Waals surface area contributed by atoms with Crippen LogP contribution in [0.2, 0.25) is 15.1 Å². The van der Waals surface area contributed by atoms with Crippen LogP contribution in [0.1, 0.15) is 0 Å². The Kier molecular flexibility index (Phi) is 3.19. The number of hydrogen-bond donors (Lipinski definition) is 1. The first-order chi connectivity index (χ1) is 7.58. The lowest BCUT2D eigenvalue weighted by Gasteiger charge is -2.04. The molecular formula is C10H5Cl3N2O. The molecule has 3 nitrogen and oxygen atoms in total. The van der Waals surface area contributed by atoms with Crippen molar-refractivity contribution < 1.29 is 0 Å². The van der Waals surface area contributed by atoms with Crippen LogP contribution < -0.4 is 5.56 Å². The van der Waals surface area contributed by atoms with Crippen LogP contribution in [0.4, 0.5) is 0 Å². The molecule has 1 aromatic heterocycles. The Balaban J connectivity index is 2.60. The number of hydrogen-bond acceptors (Lipinski definition) is 2. The summed E-state index contributed by atoms with van der Waals surface area (Å²) in [6.07, 6.45) is 0. The van der Waals surface area contributed by atoms with Crippen LogP contribution in [-0.4, -0.2) is 10.2 Å². The van der Waals surface area contributed by atoms with Crippen molar-refractivity contribution in [3.05, 3.63) is 49.7 Å². The van der Waals surface area contributed by atoms with Crippen LogP contribution in [0.5, 0.6) is 0 Å². The fourth-order valence-electron chi connectivity index (χ4n) is 1.21. The molecule has 0 radical (unpaired) electrons. The quantitative estimate of drug-likeness (QED) is 0.811. The zero-order chi connectivity index (χ0) is 11.7. The second-order valence-electron chi connectivity index (χ2n) is 3.05. The molecule has 0 spiro atoms. The van der Waals surface area contributed by atoms with Gasteiger partial charge in [0.1, 0.15) is 0 Å². The smallest absolute Gasteiger partial charge is 0.264 e. The molecular weight excluding hydrogens is 270 g/mol. The summed E-state index contributed by atoms with van der Waals surface area (Å²) in [6, 6.07) is 6.06. The number of benzene rings is 1. The van der Waals surface area contributed by atoms with Gasteiger partial charge in [0, 0.05) is 11.6 Å². The molecule has 0 amide bonds. The van der Waals surface area contributed by atoms with Crippen LogP contribution in [0.25, 0.3) is 11.3 Å². The lowest BCUT2D eigenvalue weighted by atomic mass is 10.1. The van der Waals surface area contributed by atoms with Crippen LogP contribution in [0, 0.1) is 0 Å². The number of halogens is 3. The van der Waals surface area contributed by atoms with Crippen molar-refractivity contribution in [3.8, 4) is 11.3 Å². The molecule has 1 heterocycles. The summed E-state index contributed by atoms with van der Waals surface area (Å²) < 4.78 is 0. The first kappa shape index (κ1) is 11.5. The highest BCUT2D eigenvalue weighted by molar-refractivity contribution is 6.44. The van der Waals surface area contributed by atoms with E-state index in [4.69, 9.17) is 34.8 Å². The Morgan fingerprint density at radius 1 is 1.00 bits per heavy atom. The summed E-state index contributed by atoms with van der Waals surface area (Å²) in [5, 5.41) is 7.36. The summed E-state index contributed by atoms with van der Waals surface area (Å²) in [5.41, 5.74) is 0.871. The van der Waals surface area contributed by atoms with Gasteiger partial charge in [0.15, 0.2) is 0 Å². The molecule has 0 aliphatic heterocycles. The molecule has 0 unspecified atom stereocenters. The zero-order valence-corrected chi connectivity index (χ0v) is 10.1. The maximum atomic E-state index is 10.9. The monoisotopic (exact) mass is 274 g/mol. The minimum atomic E-state index is -0.278. The predicted octanol–water partition coefficient (Wildman–Crippen LogP) is 3.40. The number of rotatable bonds is 1. The molecule has 0 bridgehead atoms. The zero-order valence-electron chi connectivity index (χ0n) is 7.80. The van der Waals surface area contributed by atoms with E-state index in [9.17, 15) is 4.79 Å². The molecule has 1 N–H and O–H groups in total. The molecule has 82 valence electrons. The average molecular weight is 276 g/mol. The second-order valence-corrected chi connectivity index (χ2v) is 4.27. The Labute approximate surface area is 106 Å². The van der Waals surface area contributed by atoms with Gasteiger partial charge in [-0.2, -0.15) is 5.10 Å². The van der Waals surface area contributed by atoms with Crippen LogP contribution >= 0.6 is 34.8 Å². The molecule has 0 aliphatic rings. The van der Waals surface area contributed by atoms with Crippen molar-refractivity contribution in [1.29, 1.82) is 0 Å². The predicted molar refractivity (Wildman–Crippen MR) is 65.3 cm³/mol. The largest absolute Gasteiger partial charge is 0.268 e. The summed E-state index contributed by atoms with van der Waals surface area (Å²) >= 11 is 17.7. The van der Waals surface area contributed by atoms with E-state index in [1.165, 1.54) is 12.1 Å². The molecule has 2 aromatic rings. The van der Waals surface area contributed by atoms with E-state index in [1.807, 2.05) is 0 Å². The number of H-pyrrole nitrogens is 1. The van der Waals surface area contributed by atoms with E-state index in [0.29, 0.717) is 26.3 Å². The third-order valence-electron chi connectivity index (χ3n) is 1.97. The lowest BCUT2D eigenvalue weighted by Crippen LogP contribution is -2.05. The van der Waals surface area contributed by atoms with Crippen molar-refractivity contribution in [2.75, 3.05) is 0 Å². The highest BCUT2D eigenvalue weighted by Crippen LogP contribution is 2.33. The van der Waals surface area contributed by atoms with Gasteiger partial charge in [-0.3, -0.25) is 4.79 Å². The fourth-order valence-corrected chi connectivity index (χ4v) is 1.86. The minimum Gasteiger partial charge on any atom is -0.268 e. The van der Waals surface area contributed by atoms with Gasteiger partial charge in [0.2, 0.25) is 0 Å². The Morgan fingerprint density at radius 3 is 2.31 bits per heavy atom. The Bertz CT molecular complexity index is 575. The molecule has 16 heavy (non-hydrogen) atoms. The molecule has 2 rings (SSSR count). The van der Waals surface area contributed by atoms with Gasteiger partial charge >= 0.3 is 0 Å². The van der Waals surface area contributed by atoms with E-state index in [2.05, 4.69) is 10.2 Å². The van der Waals surface area contributed by atoms with E-state index < -0.39 is 0 Å². The van der Waals surface area contributed by atoms with Crippen molar-refractivity contribution in [2.24, 2.45) is 0 Å². The van der Waals surface area contributed by atoms with Crippen LogP contribution in [-0.2, 0) is 0 Å². The standard InChI is InChI=1S/C10H5Cl3N2O/c11-6-4-8(13)7(12)3-5(6)9-1-2-10(16)15-14-9/h1-4H,(H,15,16). The van der Waals surface area contributed by atoms with E-state index >= 15 is 0 Å². The third-order valence-corrected chi connectivity index (χ3v) is 3.00. The number of nitrogens with zero attached hydrogens (tertiary/aromatic N) is 1. The van der Waals surface area contributed by atoms with Crippen LogP contribution in [0.15, 0.2) is 29.1 Å². The molecule has 0 saturated carbocycles. The average Bonchev–Trinajstić information content (AvgIpc) is 2.25. The maximum absolute atomic E-state index is 10.9. The van der Waals surface area contributed by atoms with Gasteiger partial charge in [-0.15, -0.1) is 0 Å². The highest BCUT2D eigenvalue weighted by Gasteiger charge is 2.09. The molecule has 0 saturated heterocycles. The van der Waals surface area contributed by atoms with Crippen molar-refractivity contribution in [1.82, 2.24) is 10.2 Å². The normalized spacial score (nSPS) is 10.4. The molecule has 6 heteroatoms. The maximum Gasteiger partial charge on any atom is 0.264 e. The van der Waals surface area contributed by atoms with E-state index in [0.717, 1.165) is 0 Å². The van der Waals surface area contributed by atoms with Gasteiger partial charge in [-0.1, -0.05) is 34.8 Å². The van der Waals surface area contributed by atoms with Crippen molar-refractivity contribution in [3.63, 3.8) is 0 Å². The SMILES string of the molecule is O=c1ccc(-c2cc(Cl)c(Cl)cc2Cl)n[nH]1. The summed E-state index contributed by atoms with van der Waals surface area (Å²) in [7, 11) is 0. The number of aromatic nitrogens is 2. The molecule has 0 aliphatic carbocycles. The second kappa shape index (κ2) is 4.45. The number of aromatic amines is 1. The molecule has 1 aromatic carbocycles. The topological polar surface area (TPSA) is 45.8 Å². The van der Waals surface area contributed by atoms with E-state index in [-0.39, 0.29) is 5.56 Å². The van der Waals surface area contributed by atoms with Gasteiger partial charge in [0.05, 0.1) is 20.8 Å². The van der Waals surface area contributed by atoms with Crippen molar-refractivity contribution >= 4 is 34.8 Å².